The minimum absolute atomic E-state index is 0.137. The number of aromatic nitrogens is 7. The summed E-state index contributed by atoms with van der Waals surface area (Å²) in [4.78, 5) is 25.8. The number of ether oxygens (including phenoxy) is 1. The Hall–Kier alpha value is -5.19. The summed E-state index contributed by atoms with van der Waals surface area (Å²) in [5, 5.41) is 9.63. The molecule has 11 heteroatoms. The number of carbonyl (C=O) groups excluding carboxylic acids is 1. The van der Waals surface area contributed by atoms with Crippen molar-refractivity contribution in [3.63, 3.8) is 0 Å². The summed E-state index contributed by atoms with van der Waals surface area (Å²) >= 11 is 0. The molecule has 0 unspecified atom stereocenters. The normalized spacial score (nSPS) is 11.3. The van der Waals surface area contributed by atoms with Crippen LogP contribution in [0.3, 0.4) is 0 Å². The van der Waals surface area contributed by atoms with Crippen molar-refractivity contribution in [1.82, 2.24) is 33.9 Å². The molecule has 6 rings (SSSR count). The number of hydrogen-bond donors (Lipinski definition) is 2. The number of fused-ring (bicyclic) bond motifs is 2. The molecule has 0 saturated carbocycles. The van der Waals surface area contributed by atoms with Gasteiger partial charge < -0.3 is 24.9 Å². The Morgan fingerprint density at radius 3 is 2.77 bits per heavy atom. The molecule has 4 heterocycles. The maximum atomic E-state index is 13.0. The first-order valence-corrected chi connectivity index (χ1v) is 13.0. The molecule has 202 valence electrons. The number of imidazole rings is 1. The van der Waals surface area contributed by atoms with Crippen molar-refractivity contribution in [2.24, 2.45) is 7.05 Å². The largest absolute Gasteiger partial charge is 0.495 e. The van der Waals surface area contributed by atoms with Crippen molar-refractivity contribution in [1.29, 1.82) is 0 Å². The van der Waals surface area contributed by atoms with E-state index in [2.05, 4.69) is 20.3 Å². The molecule has 0 aliphatic carbocycles. The van der Waals surface area contributed by atoms with E-state index in [-0.39, 0.29) is 12.3 Å². The summed E-state index contributed by atoms with van der Waals surface area (Å²) < 4.78 is 11.6. The summed E-state index contributed by atoms with van der Waals surface area (Å²) in [6.07, 6.45) is 8.00. The average Bonchev–Trinajstić information content (AvgIpc) is 3.69. The Kier molecular flexibility index (Phi) is 6.61. The summed E-state index contributed by atoms with van der Waals surface area (Å²) in [6, 6.07) is 15.7. The summed E-state index contributed by atoms with van der Waals surface area (Å²) in [5.41, 5.74) is 11.0. The number of rotatable bonds is 9. The molecular weight excluding hydrogens is 506 g/mol. The fourth-order valence-corrected chi connectivity index (χ4v) is 5.03. The highest BCUT2D eigenvalue weighted by Gasteiger charge is 2.19. The lowest BCUT2D eigenvalue weighted by atomic mass is 10.1. The molecule has 3 N–H and O–H groups in total. The molecule has 11 nitrogen and oxygen atoms in total. The van der Waals surface area contributed by atoms with Gasteiger partial charge in [0, 0.05) is 49.3 Å². The zero-order chi connectivity index (χ0) is 27.6. The molecule has 6 aromatic rings. The van der Waals surface area contributed by atoms with Crippen LogP contribution in [0.25, 0.3) is 33.2 Å². The van der Waals surface area contributed by atoms with Crippen molar-refractivity contribution < 1.29 is 9.53 Å². The first-order chi connectivity index (χ1) is 19.5. The molecule has 0 fully saturated rings. The van der Waals surface area contributed by atoms with Gasteiger partial charge in [-0.25, -0.2) is 19.6 Å². The average molecular weight is 536 g/mol. The van der Waals surface area contributed by atoms with E-state index in [1.165, 1.54) is 6.33 Å². The van der Waals surface area contributed by atoms with Gasteiger partial charge in [-0.15, -0.1) is 0 Å². The van der Waals surface area contributed by atoms with Crippen molar-refractivity contribution in [2.75, 3.05) is 18.2 Å². The van der Waals surface area contributed by atoms with Crippen molar-refractivity contribution in [3.05, 3.63) is 79.3 Å². The topological polar surface area (TPSA) is 131 Å². The van der Waals surface area contributed by atoms with E-state index in [1.807, 2.05) is 75.6 Å². The van der Waals surface area contributed by atoms with Gasteiger partial charge >= 0.3 is 0 Å². The Bertz CT molecular complexity index is 1820. The molecule has 2 aromatic carbocycles. The number of nitrogens with two attached hydrogens (primary N) is 1. The number of benzene rings is 2. The van der Waals surface area contributed by atoms with Gasteiger partial charge in [0.1, 0.15) is 23.6 Å². The molecule has 0 spiro atoms. The number of carbonyl (C=O) groups is 1. The fraction of sp³-hybridized carbons (Fsp3) is 0.207. The van der Waals surface area contributed by atoms with Crippen LogP contribution in [0.5, 0.6) is 5.75 Å². The number of nitrogens with one attached hydrogen (secondary N) is 1. The van der Waals surface area contributed by atoms with Crippen LogP contribution in [0.2, 0.25) is 0 Å². The lowest BCUT2D eigenvalue weighted by molar-refractivity contribution is -0.115. The number of para-hydroxylation sites is 1. The van der Waals surface area contributed by atoms with E-state index in [1.54, 1.807) is 19.6 Å². The lowest BCUT2D eigenvalue weighted by Gasteiger charge is -2.12. The number of nitrogens with zero attached hydrogens (tertiary/aromatic N) is 7. The quantitative estimate of drug-likeness (QED) is 0.286. The predicted octanol–water partition coefficient (Wildman–Crippen LogP) is 4.04. The van der Waals surface area contributed by atoms with Crippen molar-refractivity contribution in [3.8, 4) is 17.0 Å². The van der Waals surface area contributed by atoms with Crippen molar-refractivity contribution in [2.45, 2.75) is 25.9 Å². The van der Waals surface area contributed by atoms with Gasteiger partial charge in [0.05, 0.1) is 30.9 Å². The molecule has 1 amide bonds. The Morgan fingerprint density at radius 1 is 1.10 bits per heavy atom. The van der Waals surface area contributed by atoms with E-state index >= 15 is 0 Å². The molecule has 0 aliphatic rings. The van der Waals surface area contributed by atoms with Crippen LogP contribution in [0.1, 0.15) is 12.1 Å². The Balaban J connectivity index is 1.25. The molecule has 0 aliphatic heterocycles. The van der Waals surface area contributed by atoms with Gasteiger partial charge in [0.25, 0.3) is 0 Å². The van der Waals surface area contributed by atoms with Gasteiger partial charge in [0.2, 0.25) is 5.91 Å². The number of amides is 1. The molecule has 40 heavy (non-hydrogen) atoms. The first-order valence-electron chi connectivity index (χ1n) is 13.0. The van der Waals surface area contributed by atoms with E-state index in [0.29, 0.717) is 40.5 Å². The van der Waals surface area contributed by atoms with Gasteiger partial charge in [0.15, 0.2) is 5.65 Å². The van der Waals surface area contributed by atoms with Crippen molar-refractivity contribution >= 4 is 39.3 Å². The second-order valence-electron chi connectivity index (χ2n) is 9.58. The second-order valence-corrected chi connectivity index (χ2v) is 9.58. The molecule has 0 atom stereocenters. The van der Waals surface area contributed by atoms with Crippen LogP contribution in [0.15, 0.2) is 73.6 Å². The second kappa shape index (κ2) is 10.5. The van der Waals surface area contributed by atoms with Gasteiger partial charge in [-0.2, -0.15) is 5.10 Å². The summed E-state index contributed by atoms with van der Waals surface area (Å²) in [5.74, 6) is 0.732. The standard InChI is InChI=1S/C29H29N9O2/c1-36-21(14-19-6-3-4-7-23(19)36)16-25(39)34-22-9-8-20(15-24(22)40-2)27-26-28(30)32-17-33-29(26)38(35-27)12-5-11-37-13-10-31-18-37/h3-4,6-10,13-15,17-18H,5,11-12,16H2,1-2H3,(H,34,39)(H2,30,32,33). The van der Waals surface area contributed by atoms with Gasteiger partial charge in [-0.1, -0.05) is 24.3 Å². The Morgan fingerprint density at radius 2 is 1.98 bits per heavy atom. The third-order valence-electron chi connectivity index (χ3n) is 7.05. The maximum Gasteiger partial charge on any atom is 0.230 e. The third-order valence-corrected chi connectivity index (χ3v) is 7.05. The summed E-state index contributed by atoms with van der Waals surface area (Å²) in [7, 11) is 3.54. The number of methoxy groups -OCH3 is 1. The third kappa shape index (κ3) is 4.73. The highest BCUT2D eigenvalue weighted by molar-refractivity contribution is 5.99. The zero-order valence-electron chi connectivity index (χ0n) is 22.3. The number of nitrogen functional groups attached to an aromatic ring is 1. The first kappa shape index (κ1) is 25.1. The van der Waals surface area contributed by atoms with Crippen LogP contribution in [0, 0.1) is 0 Å². The highest BCUT2D eigenvalue weighted by Crippen LogP contribution is 2.35. The predicted molar refractivity (Wildman–Crippen MR) is 154 cm³/mol. The Labute approximate surface area is 230 Å². The van der Waals surface area contributed by atoms with Crippen LogP contribution in [-0.4, -0.2) is 46.9 Å². The zero-order valence-corrected chi connectivity index (χ0v) is 22.3. The molecule has 0 saturated heterocycles. The number of aryl methyl sites for hydroxylation is 3. The van der Waals surface area contributed by atoms with E-state index in [9.17, 15) is 4.79 Å². The maximum absolute atomic E-state index is 13.0. The lowest BCUT2D eigenvalue weighted by Crippen LogP contribution is -2.16. The van der Waals surface area contributed by atoms with Crippen LogP contribution >= 0.6 is 0 Å². The van der Waals surface area contributed by atoms with Gasteiger partial charge in [-0.3, -0.25) is 4.79 Å². The van der Waals surface area contributed by atoms with Crippen LogP contribution in [-0.2, 0) is 31.4 Å². The highest BCUT2D eigenvalue weighted by atomic mass is 16.5. The summed E-state index contributed by atoms with van der Waals surface area (Å²) in [6.45, 7) is 1.45. The smallest absolute Gasteiger partial charge is 0.230 e. The van der Waals surface area contributed by atoms with Gasteiger partial charge in [-0.05, 0) is 36.1 Å². The number of anilines is 2. The SMILES string of the molecule is COc1cc(-c2nn(CCCn3ccnc3)c3ncnc(N)c23)ccc1NC(=O)Cc1cc2ccccc2n1C. The van der Waals surface area contributed by atoms with E-state index in [4.69, 9.17) is 15.6 Å². The monoisotopic (exact) mass is 535 g/mol. The minimum atomic E-state index is -0.137. The van der Waals surface area contributed by atoms with Crippen LogP contribution in [0.4, 0.5) is 11.5 Å². The minimum Gasteiger partial charge on any atom is -0.495 e. The molecular formula is C29H29N9O2. The fourth-order valence-electron chi connectivity index (χ4n) is 5.03. The molecule has 0 bridgehead atoms. The molecule has 4 aromatic heterocycles. The molecule has 0 radical (unpaired) electrons. The van der Waals surface area contributed by atoms with E-state index in [0.717, 1.165) is 35.1 Å². The number of hydrogen-bond acceptors (Lipinski definition) is 7. The van der Waals surface area contributed by atoms with Crippen LogP contribution < -0.4 is 15.8 Å². The van der Waals surface area contributed by atoms with E-state index < -0.39 is 0 Å².